The summed E-state index contributed by atoms with van der Waals surface area (Å²) in [7, 11) is -3.71. The summed E-state index contributed by atoms with van der Waals surface area (Å²) in [6, 6.07) is 12.5. The van der Waals surface area contributed by atoms with Gasteiger partial charge >= 0.3 is 5.97 Å². The lowest BCUT2D eigenvalue weighted by atomic mass is 10.1. The summed E-state index contributed by atoms with van der Waals surface area (Å²) in [5.74, 6) is -0.320. The Hall–Kier alpha value is -2.05. The SMILES string of the molecule is CCOC(=O)Cc1ccc(NS(=O)(=O)c2cccc(Cl)c2)cc1. The maximum atomic E-state index is 12.3. The summed E-state index contributed by atoms with van der Waals surface area (Å²) in [4.78, 5) is 11.5. The number of hydrogen-bond donors (Lipinski definition) is 1. The molecule has 122 valence electrons. The van der Waals surface area contributed by atoms with Crippen molar-refractivity contribution < 1.29 is 17.9 Å². The van der Waals surface area contributed by atoms with Crippen molar-refractivity contribution in [3.63, 3.8) is 0 Å². The van der Waals surface area contributed by atoms with Crippen LogP contribution < -0.4 is 4.72 Å². The highest BCUT2D eigenvalue weighted by molar-refractivity contribution is 7.92. The first-order valence-corrected chi connectivity index (χ1v) is 8.80. The van der Waals surface area contributed by atoms with Crippen molar-refractivity contribution in [2.75, 3.05) is 11.3 Å². The van der Waals surface area contributed by atoms with Crippen LogP contribution in [0.3, 0.4) is 0 Å². The van der Waals surface area contributed by atoms with E-state index in [0.29, 0.717) is 17.3 Å². The van der Waals surface area contributed by atoms with Crippen LogP contribution in [0.15, 0.2) is 53.4 Å². The number of carbonyl (C=O) groups is 1. The zero-order chi connectivity index (χ0) is 16.9. The van der Waals surface area contributed by atoms with E-state index >= 15 is 0 Å². The average molecular weight is 354 g/mol. The monoisotopic (exact) mass is 353 g/mol. The van der Waals surface area contributed by atoms with Crippen LogP contribution in [-0.4, -0.2) is 21.0 Å². The number of sulfonamides is 1. The molecule has 23 heavy (non-hydrogen) atoms. The standard InChI is InChI=1S/C16H16ClNO4S/c1-2-22-16(19)10-12-6-8-14(9-7-12)18-23(20,21)15-5-3-4-13(17)11-15/h3-9,11,18H,2,10H2,1H3. The molecule has 0 aliphatic rings. The van der Waals surface area contributed by atoms with Gasteiger partial charge in [-0.05, 0) is 42.8 Å². The van der Waals surface area contributed by atoms with Crippen molar-refractivity contribution >= 4 is 33.3 Å². The molecule has 0 bridgehead atoms. The van der Waals surface area contributed by atoms with Crippen molar-refractivity contribution in [2.45, 2.75) is 18.2 Å². The molecule has 0 aliphatic carbocycles. The second kappa shape index (κ2) is 7.48. The van der Waals surface area contributed by atoms with Crippen LogP contribution in [0.25, 0.3) is 0 Å². The third-order valence-corrected chi connectivity index (χ3v) is 4.58. The molecule has 0 heterocycles. The summed E-state index contributed by atoms with van der Waals surface area (Å²) < 4.78 is 31.8. The Morgan fingerprint density at radius 3 is 2.48 bits per heavy atom. The van der Waals surface area contributed by atoms with E-state index in [1.807, 2.05) is 0 Å². The van der Waals surface area contributed by atoms with Crippen LogP contribution in [0.4, 0.5) is 5.69 Å². The van der Waals surface area contributed by atoms with Gasteiger partial charge in [0, 0.05) is 10.7 Å². The lowest BCUT2D eigenvalue weighted by Gasteiger charge is -2.09. The first-order valence-electron chi connectivity index (χ1n) is 6.93. The lowest BCUT2D eigenvalue weighted by molar-refractivity contribution is -0.142. The molecule has 0 fully saturated rings. The molecule has 7 heteroatoms. The summed E-state index contributed by atoms with van der Waals surface area (Å²) >= 11 is 5.81. The van der Waals surface area contributed by atoms with E-state index in [9.17, 15) is 13.2 Å². The van der Waals surface area contributed by atoms with Crippen molar-refractivity contribution in [1.29, 1.82) is 0 Å². The highest BCUT2D eigenvalue weighted by atomic mass is 35.5. The smallest absolute Gasteiger partial charge is 0.310 e. The topological polar surface area (TPSA) is 72.5 Å². The van der Waals surface area contributed by atoms with Gasteiger partial charge in [-0.15, -0.1) is 0 Å². The van der Waals surface area contributed by atoms with Crippen LogP contribution in [0.1, 0.15) is 12.5 Å². The van der Waals surface area contributed by atoms with Gasteiger partial charge in [-0.25, -0.2) is 8.42 Å². The molecule has 2 aromatic carbocycles. The molecule has 0 aromatic heterocycles. The zero-order valence-electron chi connectivity index (χ0n) is 12.5. The lowest BCUT2D eigenvalue weighted by Crippen LogP contribution is -2.13. The fourth-order valence-corrected chi connectivity index (χ4v) is 3.28. The number of halogens is 1. The molecule has 0 radical (unpaired) electrons. The van der Waals surface area contributed by atoms with Gasteiger partial charge in [-0.3, -0.25) is 9.52 Å². The van der Waals surface area contributed by atoms with Gasteiger partial charge in [0.15, 0.2) is 0 Å². The molecule has 0 amide bonds. The van der Waals surface area contributed by atoms with Gasteiger partial charge in [-0.1, -0.05) is 29.8 Å². The number of esters is 1. The Labute approximate surface area is 140 Å². The van der Waals surface area contributed by atoms with Crippen LogP contribution in [0.2, 0.25) is 5.02 Å². The van der Waals surface area contributed by atoms with Gasteiger partial charge in [-0.2, -0.15) is 0 Å². The van der Waals surface area contributed by atoms with Gasteiger partial charge in [0.05, 0.1) is 17.9 Å². The highest BCUT2D eigenvalue weighted by Crippen LogP contribution is 2.19. The molecule has 0 unspecified atom stereocenters. The summed E-state index contributed by atoms with van der Waals surface area (Å²) in [5, 5.41) is 0.345. The third-order valence-electron chi connectivity index (χ3n) is 2.97. The predicted octanol–water partition coefficient (Wildman–Crippen LogP) is 3.25. The van der Waals surface area contributed by atoms with E-state index in [4.69, 9.17) is 16.3 Å². The Morgan fingerprint density at radius 2 is 1.87 bits per heavy atom. The van der Waals surface area contributed by atoms with E-state index < -0.39 is 10.0 Å². The van der Waals surface area contributed by atoms with Crippen LogP contribution in [0, 0.1) is 0 Å². The first kappa shape index (κ1) is 17.3. The molecule has 2 rings (SSSR count). The van der Waals surface area contributed by atoms with E-state index in [1.54, 1.807) is 43.3 Å². The average Bonchev–Trinajstić information content (AvgIpc) is 2.49. The first-order chi connectivity index (χ1) is 10.9. The van der Waals surface area contributed by atoms with Crippen LogP contribution in [-0.2, 0) is 26.0 Å². The van der Waals surface area contributed by atoms with Gasteiger partial charge < -0.3 is 4.74 Å². The highest BCUT2D eigenvalue weighted by Gasteiger charge is 2.14. The summed E-state index contributed by atoms with van der Waals surface area (Å²) in [6.07, 6.45) is 0.148. The molecular weight excluding hydrogens is 338 g/mol. The molecule has 0 aliphatic heterocycles. The fourth-order valence-electron chi connectivity index (χ4n) is 1.92. The Balaban J connectivity index is 2.10. The van der Waals surface area contributed by atoms with Crippen LogP contribution in [0.5, 0.6) is 0 Å². The second-order valence-corrected chi connectivity index (χ2v) is 6.86. The number of hydrogen-bond acceptors (Lipinski definition) is 4. The maximum absolute atomic E-state index is 12.3. The minimum Gasteiger partial charge on any atom is -0.466 e. The minimum atomic E-state index is -3.71. The van der Waals surface area contributed by atoms with Crippen molar-refractivity contribution in [3.05, 3.63) is 59.1 Å². The molecular formula is C16H16ClNO4S. The Morgan fingerprint density at radius 1 is 1.17 bits per heavy atom. The number of anilines is 1. The Bertz CT molecular complexity index is 788. The maximum Gasteiger partial charge on any atom is 0.310 e. The normalized spacial score (nSPS) is 11.0. The number of rotatable bonds is 6. The summed E-state index contributed by atoms with van der Waals surface area (Å²) in [5.41, 5.74) is 1.15. The van der Waals surface area contributed by atoms with E-state index in [2.05, 4.69) is 4.72 Å². The molecule has 0 atom stereocenters. The van der Waals surface area contributed by atoms with E-state index in [0.717, 1.165) is 5.56 Å². The van der Waals surface area contributed by atoms with Crippen molar-refractivity contribution in [1.82, 2.24) is 0 Å². The quantitative estimate of drug-likeness (QED) is 0.809. The van der Waals surface area contributed by atoms with Crippen LogP contribution >= 0.6 is 11.6 Å². The fraction of sp³-hybridized carbons (Fsp3) is 0.188. The zero-order valence-corrected chi connectivity index (χ0v) is 14.0. The number of ether oxygens (including phenoxy) is 1. The molecule has 0 spiro atoms. The van der Waals surface area contributed by atoms with Gasteiger partial charge in [0.1, 0.15) is 0 Å². The van der Waals surface area contributed by atoms with Crippen molar-refractivity contribution in [2.24, 2.45) is 0 Å². The van der Waals surface area contributed by atoms with Gasteiger partial charge in [0.25, 0.3) is 10.0 Å². The number of benzene rings is 2. The molecule has 2 aromatic rings. The number of carbonyl (C=O) groups excluding carboxylic acids is 1. The van der Waals surface area contributed by atoms with E-state index in [1.165, 1.54) is 12.1 Å². The molecule has 0 saturated heterocycles. The van der Waals surface area contributed by atoms with Crippen molar-refractivity contribution in [3.8, 4) is 0 Å². The summed E-state index contributed by atoms with van der Waals surface area (Å²) in [6.45, 7) is 2.07. The number of nitrogens with one attached hydrogen (secondary N) is 1. The molecule has 0 saturated carbocycles. The van der Waals surface area contributed by atoms with Gasteiger partial charge in [0.2, 0.25) is 0 Å². The predicted molar refractivity (Wildman–Crippen MR) is 89.0 cm³/mol. The third kappa shape index (κ3) is 4.97. The van der Waals surface area contributed by atoms with E-state index in [-0.39, 0.29) is 17.3 Å². The Kier molecular flexibility index (Phi) is 5.63. The largest absolute Gasteiger partial charge is 0.466 e. The molecule has 1 N–H and O–H groups in total. The minimum absolute atomic E-state index is 0.0839. The molecule has 5 nitrogen and oxygen atoms in total. The second-order valence-electron chi connectivity index (χ2n) is 4.74.